The first kappa shape index (κ1) is 22.9. The number of benzene rings is 4. The number of nitrogens with two attached hydrogens (primary N) is 2. The summed E-state index contributed by atoms with van der Waals surface area (Å²) in [4.78, 5) is 0. The minimum atomic E-state index is -4.70. The molecule has 4 aromatic rings. The second-order valence-electron chi connectivity index (χ2n) is 6.49. The number of hydrogen-bond donors (Lipinski definition) is 2. The average Bonchev–Trinajstić information content (AvgIpc) is 2.70. The lowest BCUT2D eigenvalue weighted by molar-refractivity contribution is -0.275. The number of nitrogen functional groups attached to an aromatic ring is 2. The summed E-state index contributed by atoms with van der Waals surface area (Å²) >= 11 is 0. The molecule has 4 N–H and O–H groups in total. The Hall–Kier alpha value is -3.82. The van der Waals surface area contributed by atoms with Crippen LogP contribution in [0.5, 0.6) is 11.5 Å². The standard InChI is InChI=1S/2C11H8F3NO/c12-11(13,14)16-10-6-2-3-7-8(10)4-1-5-9(7)15;12-11(13,14)16-10-6-5-9(15)7-3-1-2-4-8(7)10/h2*1-6H,15H2. The van der Waals surface area contributed by atoms with Crippen molar-refractivity contribution in [2.75, 3.05) is 11.5 Å². The quantitative estimate of drug-likeness (QED) is 0.263. The van der Waals surface area contributed by atoms with Gasteiger partial charge in [-0.25, -0.2) is 0 Å². The number of rotatable bonds is 2. The van der Waals surface area contributed by atoms with Gasteiger partial charge in [0.05, 0.1) is 0 Å². The lowest BCUT2D eigenvalue weighted by Crippen LogP contribution is -2.17. The molecule has 0 atom stereocenters. The van der Waals surface area contributed by atoms with Crippen molar-refractivity contribution in [3.8, 4) is 11.5 Å². The van der Waals surface area contributed by atoms with Crippen molar-refractivity contribution >= 4 is 32.9 Å². The van der Waals surface area contributed by atoms with Crippen LogP contribution in [0.1, 0.15) is 0 Å². The van der Waals surface area contributed by atoms with E-state index in [1.165, 1.54) is 36.4 Å². The minimum Gasteiger partial charge on any atom is -0.405 e. The van der Waals surface area contributed by atoms with Crippen LogP contribution in [0.25, 0.3) is 21.5 Å². The zero-order chi connectivity index (χ0) is 23.5. The fraction of sp³-hybridized carbons (Fsp3) is 0.0909. The number of halogens is 6. The summed E-state index contributed by atoms with van der Waals surface area (Å²) in [6, 6.07) is 18.2. The van der Waals surface area contributed by atoms with Crippen LogP contribution in [0.15, 0.2) is 72.8 Å². The Bertz CT molecular complexity index is 1190. The fourth-order valence-electron chi connectivity index (χ4n) is 3.03. The molecular weight excluding hydrogens is 438 g/mol. The van der Waals surface area contributed by atoms with Gasteiger partial charge in [0.25, 0.3) is 0 Å². The molecule has 4 nitrogen and oxygen atoms in total. The molecule has 4 aromatic carbocycles. The van der Waals surface area contributed by atoms with Gasteiger partial charge in [0.2, 0.25) is 0 Å². The van der Waals surface area contributed by atoms with Gasteiger partial charge in [-0.05, 0) is 24.3 Å². The third-order valence-corrected chi connectivity index (χ3v) is 4.28. The Labute approximate surface area is 177 Å². The monoisotopic (exact) mass is 454 g/mol. The second kappa shape index (κ2) is 8.74. The van der Waals surface area contributed by atoms with E-state index in [4.69, 9.17) is 11.5 Å². The molecule has 0 aromatic heterocycles. The van der Waals surface area contributed by atoms with Crippen LogP contribution in [0.3, 0.4) is 0 Å². The predicted octanol–water partition coefficient (Wildman–Crippen LogP) is 6.64. The van der Waals surface area contributed by atoms with E-state index in [1.54, 1.807) is 36.4 Å². The summed E-state index contributed by atoms with van der Waals surface area (Å²) < 4.78 is 80.5. The van der Waals surface area contributed by atoms with Crippen LogP contribution in [-0.2, 0) is 0 Å². The maximum atomic E-state index is 12.1. The number of ether oxygens (including phenoxy) is 2. The summed E-state index contributed by atoms with van der Waals surface area (Å²) in [6.07, 6.45) is -9.39. The second-order valence-corrected chi connectivity index (χ2v) is 6.49. The van der Waals surface area contributed by atoms with Crippen molar-refractivity contribution in [2.45, 2.75) is 12.7 Å². The van der Waals surface area contributed by atoms with Crippen LogP contribution in [0, 0.1) is 0 Å². The Morgan fingerprint density at radius 3 is 1.44 bits per heavy atom. The number of fused-ring (bicyclic) bond motifs is 2. The van der Waals surface area contributed by atoms with Gasteiger partial charge in [-0.15, -0.1) is 26.3 Å². The maximum absolute atomic E-state index is 12.1. The van der Waals surface area contributed by atoms with E-state index in [9.17, 15) is 26.3 Å². The lowest BCUT2D eigenvalue weighted by atomic mass is 10.1. The fourth-order valence-corrected chi connectivity index (χ4v) is 3.03. The molecule has 0 aliphatic carbocycles. The molecule has 0 saturated carbocycles. The molecular formula is C22H16F6N2O2. The Morgan fingerprint density at radius 2 is 0.875 bits per heavy atom. The van der Waals surface area contributed by atoms with Crippen LogP contribution >= 0.6 is 0 Å². The molecule has 4 rings (SSSR count). The van der Waals surface area contributed by atoms with E-state index < -0.39 is 12.7 Å². The third-order valence-electron chi connectivity index (χ3n) is 4.28. The SMILES string of the molecule is Nc1ccc(OC(F)(F)F)c2ccccc12.Nc1cccc2c(OC(F)(F)F)cccc12. The van der Waals surface area contributed by atoms with Crippen molar-refractivity contribution in [1.29, 1.82) is 0 Å². The van der Waals surface area contributed by atoms with Gasteiger partial charge in [0.15, 0.2) is 0 Å². The van der Waals surface area contributed by atoms with Gasteiger partial charge in [-0.1, -0.05) is 48.5 Å². The Morgan fingerprint density at radius 1 is 0.469 bits per heavy atom. The Balaban J connectivity index is 0.000000181. The van der Waals surface area contributed by atoms with Crippen molar-refractivity contribution in [3.05, 3.63) is 72.8 Å². The van der Waals surface area contributed by atoms with E-state index in [1.807, 2.05) is 0 Å². The van der Waals surface area contributed by atoms with E-state index in [-0.39, 0.29) is 11.5 Å². The summed E-state index contributed by atoms with van der Waals surface area (Å²) in [5, 5.41) is 1.79. The van der Waals surface area contributed by atoms with E-state index in [0.29, 0.717) is 32.9 Å². The zero-order valence-electron chi connectivity index (χ0n) is 16.2. The highest BCUT2D eigenvalue weighted by Crippen LogP contribution is 2.34. The van der Waals surface area contributed by atoms with Crippen molar-refractivity contribution in [3.63, 3.8) is 0 Å². The van der Waals surface area contributed by atoms with E-state index in [0.717, 1.165) is 0 Å². The minimum absolute atomic E-state index is 0.239. The molecule has 0 heterocycles. The van der Waals surface area contributed by atoms with Gasteiger partial charge >= 0.3 is 12.7 Å². The smallest absolute Gasteiger partial charge is 0.405 e. The Kier molecular flexibility index (Phi) is 6.24. The molecule has 0 fully saturated rings. The van der Waals surface area contributed by atoms with Gasteiger partial charge in [0, 0.05) is 32.9 Å². The lowest BCUT2D eigenvalue weighted by Gasteiger charge is -2.12. The van der Waals surface area contributed by atoms with Gasteiger partial charge in [-0.2, -0.15) is 0 Å². The molecule has 32 heavy (non-hydrogen) atoms. The molecule has 0 aliphatic rings. The summed E-state index contributed by atoms with van der Waals surface area (Å²) in [6.45, 7) is 0. The molecule has 0 spiro atoms. The largest absolute Gasteiger partial charge is 0.573 e. The number of alkyl halides is 6. The van der Waals surface area contributed by atoms with Crippen LogP contribution < -0.4 is 20.9 Å². The van der Waals surface area contributed by atoms with Crippen LogP contribution in [0.4, 0.5) is 37.7 Å². The maximum Gasteiger partial charge on any atom is 0.573 e. The molecule has 0 saturated heterocycles. The zero-order valence-corrected chi connectivity index (χ0v) is 16.2. The van der Waals surface area contributed by atoms with Crippen molar-refractivity contribution in [2.24, 2.45) is 0 Å². The molecule has 168 valence electrons. The van der Waals surface area contributed by atoms with Gasteiger partial charge < -0.3 is 20.9 Å². The van der Waals surface area contributed by atoms with E-state index >= 15 is 0 Å². The average molecular weight is 454 g/mol. The molecule has 0 bridgehead atoms. The van der Waals surface area contributed by atoms with Gasteiger partial charge in [-0.3, -0.25) is 0 Å². The summed E-state index contributed by atoms with van der Waals surface area (Å²) in [5.74, 6) is -0.477. The molecule has 0 unspecified atom stereocenters. The number of anilines is 2. The first-order valence-corrected chi connectivity index (χ1v) is 9.00. The van der Waals surface area contributed by atoms with Crippen molar-refractivity contribution in [1.82, 2.24) is 0 Å². The molecule has 0 aliphatic heterocycles. The molecule has 10 heteroatoms. The van der Waals surface area contributed by atoms with Gasteiger partial charge in [0.1, 0.15) is 11.5 Å². The highest BCUT2D eigenvalue weighted by atomic mass is 19.4. The molecule has 0 amide bonds. The van der Waals surface area contributed by atoms with Crippen LogP contribution in [0.2, 0.25) is 0 Å². The highest BCUT2D eigenvalue weighted by Gasteiger charge is 2.32. The first-order valence-electron chi connectivity index (χ1n) is 9.00. The number of hydrogen-bond acceptors (Lipinski definition) is 4. The summed E-state index contributed by atoms with van der Waals surface area (Å²) in [7, 11) is 0. The summed E-state index contributed by atoms with van der Waals surface area (Å²) in [5.41, 5.74) is 12.1. The van der Waals surface area contributed by atoms with E-state index in [2.05, 4.69) is 9.47 Å². The van der Waals surface area contributed by atoms with Crippen LogP contribution in [-0.4, -0.2) is 12.7 Å². The van der Waals surface area contributed by atoms with Crippen molar-refractivity contribution < 1.29 is 35.8 Å². The predicted molar refractivity (Wildman–Crippen MR) is 110 cm³/mol. The topological polar surface area (TPSA) is 70.5 Å². The normalized spacial score (nSPS) is 11.7. The molecule has 0 radical (unpaired) electrons. The third kappa shape index (κ3) is 5.65. The highest BCUT2D eigenvalue weighted by molar-refractivity contribution is 5.97. The first-order chi connectivity index (χ1) is 14.9.